The summed E-state index contributed by atoms with van der Waals surface area (Å²) in [6, 6.07) is 4.61. The number of anilines is 1. The van der Waals surface area contributed by atoms with E-state index in [1.165, 1.54) is 0 Å². The monoisotopic (exact) mass is 356 g/mol. The first kappa shape index (κ1) is 17.5. The number of carbonyl (C=O) groups is 2. The summed E-state index contributed by atoms with van der Waals surface area (Å²) in [5.74, 6) is -0.935. The molecule has 6 heteroatoms. The highest BCUT2D eigenvalue weighted by atomic mass is 79.9. The number of halogens is 1. The van der Waals surface area contributed by atoms with Crippen molar-refractivity contribution < 1.29 is 14.7 Å². The summed E-state index contributed by atoms with van der Waals surface area (Å²) in [6.07, 6.45) is -0.115. The molecule has 0 fully saturated rings. The molecular weight excluding hydrogens is 336 g/mol. The Morgan fingerprint density at radius 2 is 1.95 bits per heavy atom. The molecule has 1 atom stereocenters. The van der Waals surface area contributed by atoms with Crippen LogP contribution in [-0.4, -0.2) is 23.1 Å². The highest BCUT2D eigenvalue weighted by molar-refractivity contribution is 9.10. The van der Waals surface area contributed by atoms with Crippen molar-refractivity contribution in [3.63, 3.8) is 0 Å². The number of hydrogen-bond donors (Lipinski definition) is 3. The Morgan fingerprint density at radius 3 is 2.43 bits per heavy atom. The third-order valence-electron chi connectivity index (χ3n) is 3.15. The number of nitrogens with one attached hydrogen (secondary N) is 2. The number of carbonyl (C=O) groups excluding carboxylic acids is 1. The molecular formula is C15H21BrN2O3. The van der Waals surface area contributed by atoms with E-state index in [0.29, 0.717) is 5.69 Å². The lowest BCUT2D eigenvalue weighted by Gasteiger charge is -2.30. The number of carboxylic acid groups (broad SMARTS) is 1. The molecule has 1 aromatic carbocycles. The van der Waals surface area contributed by atoms with Crippen LogP contribution in [-0.2, 0) is 4.79 Å². The number of hydrogen-bond acceptors (Lipinski definition) is 2. The molecule has 21 heavy (non-hydrogen) atoms. The minimum absolute atomic E-state index is 0.115. The van der Waals surface area contributed by atoms with Crippen LogP contribution in [0, 0.1) is 12.3 Å². The summed E-state index contributed by atoms with van der Waals surface area (Å²) in [6.45, 7) is 7.61. The van der Waals surface area contributed by atoms with Gasteiger partial charge in [-0.15, -0.1) is 0 Å². The van der Waals surface area contributed by atoms with E-state index in [0.717, 1.165) is 10.0 Å². The van der Waals surface area contributed by atoms with E-state index in [-0.39, 0.29) is 11.8 Å². The number of amides is 2. The molecule has 0 spiro atoms. The normalized spacial score (nSPS) is 12.6. The van der Waals surface area contributed by atoms with Crippen LogP contribution in [0.15, 0.2) is 22.7 Å². The summed E-state index contributed by atoms with van der Waals surface area (Å²) in [5.41, 5.74) is 1.33. The molecule has 3 N–H and O–H groups in total. The molecule has 0 aliphatic carbocycles. The summed E-state index contributed by atoms with van der Waals surface area (Å²) >= 11 is 3.40. The van der Waals surface area contributed by atoms with Crippen LogP contribution < -0.4 is 10.6 Å². The van der Waals surface area contributed by atoms with E-state index in [9.17, 15) is 9.59 Å². The second kappa shape index (κ2) is 6.93. The highest BCUT2D eigenvalue weighted by Gasteiger charge is 2.28. The minimum Gasteiger partial charge on any atom is -0.481 e. The Balaban J connectivity index is 2.73. The van der Waals surface area contributed by atoms with Gasteiger partial charge in [0.25, 0.3) is 0 Å². The van der Waals surface area contributed by atoms with E-state index in [1.807, 2.05) is 39.8 Å². The Morgan fingerprint density at radius 1 is 1.33 bits per heavy atom. The van der Waals surface area contributed by atoms with Gasteiger partial charge in [0, 0.05) is 16.2 Å². The van der Waals surface area contributed by atoms with Crippen molar-refractivity contribution in [3.8, 4) is 0 Å². The Hall–Kier alpha value is -1.56. The average molecular weight is 357 g/mol. The SMILES string of the molecule is Cc1cc(NC(=O)NC(CC(=O)O)C(C)(C)C)ccc1Br. The summed E-state index contributed by atoms with van der Waals surface area (Å²) in [5, 5.41) is 14.4. The Kier molecular flexibility index (Phi) is 5.78. The van der Waals surface area contributed by atoms with Crippen molar-refractivity contribution in [2.45, 2.75) is 40.2 Å². The number of aliphatic carboxylic acids is 1. The maximum absolute atomic E-state index is 12.0. The molecule has 0 aromatic heterocycles. The zero-order chi connectivity index (χ0) is 16.2. The fraction of sp³-hybridized carbons (Fsp3) is 0.467. The van der Waals surface area contributed by atoms with Crippen LogP contribution in [0.2, 0.25) is 0 Å². The minimum atomic E-state index is -0.935. The first-order valence-electron chi connectivity index (χ1n) is 6.65. The van der Waals surface area contributed by atoms with Crippen LogP contribution >= 0.6 is 15.9 Å². The van der Waals surface area contributed by atoms with Gasteiger partial charge in [0.15, 0.2) is 0 Å². The molecule has 0 aliphatic heterocycles. The van der Waals surface area contributed by atoms with Crippen molar-refractivity contribution >= 4 is 33.6 Å². The lowest BCUT2D eigenvalue weighted by Crippen LogP contribution is -2.46. The topological polar surface area (TPSA) is 78.4 Å². The van der Waals surface area contributed by atoms with Gasteiger partial charge in [-0.3, -0.25) is 4.79 Å². The molecule has 0 saturated heterocycles. The highest BCUT2D eigenvalue weighted by Crippen LogP contribution is 2.23. The van der Waals surface area contributed by atoms with Gasteiger partial charge in [-0.05, 0) is 36.1 Å². The van der Waals surface area contributed by atoms with Gasteiger partial charge in [0.05, 0.1) is 6.42 Å². The lowest BCUT2D eigenvalue weighted by molar-refractivity contribution is -0.138. The van der Waals surface area contributed by atoms with Gasteiger partial charge < -0.3 is 15.7 Å². The van der Waals surface area contributed by atoms with Crippen LogP contribution in [0.4, 0.5) is 10.5 Å². The number of benzene rings is 1. The summed E-state index contributed by atoms with van der Waals surface area (Å²) < 4.78 is 0.965. The molecule has 1 aromatic rings. The molecule has 0 aliphatic rings. The van der Waals surface area contributed by atoms with Gasteiger partial charge in [-0.25, -0.2) is 4.79 Å². The summed E-state index contributed by atoms with van der Waals surface area (Å²) in [4.78, 5) is 22.9. The predicted octanol–water partition coefficient (Wildman–Crippen LogP) is 3.77. The quantitative estimate of drug-likeness (QED) is 0.768. The molecule has 5 nitrogen and oxygen atoms in total. The van der Waals surface area contributed by atoms with Crippen molar-refractivity contribution in [2.75, 3.05) is 5.32 Å². The molecule has 0 heterocycles. The lowest BCUT2D eigenvalue weighted by atomic mass is 9.85. The molecule has 0 bridgehead atoms. The smallest absolute Gasteiger partial charge is 0.319 e. The van der Waals surface area contributed by atoms with Crippen LogP contribution in [0.3, 0.4) is 0 Å². The third kappa shape index (κ3) is 5.75. The molecule has 2 amide bonds. The fourth-order valence-corrected chi connectivity index (χ4v) is 2.04. The predicted molar refractivity (Wildman–Crippen MR) is 86.5 cm³/mol. The summed E-state index contributed by atoms with van der Waals surface area (Å²) in [7, 11) is 0. The number of aryl methyl sites for hydroxylation is 1. The third-order valence-corrected chi connectivity index (χ3v) is 4.04. The number of carboxylic acids is 1. The zero-order valence-corrected chi connectivity index (χ0v) is 14.2. The number of urea groups is 1. The zero-order valence-electron chi connectivity index (χ0n) is 12.7. The Labute approximate surface area is 133 Å². The second-order valence-electron chi connectivity index (χ2n) is 6.08. The van der Waals surface area contributed by atoms with Crippen LogP contribution in [0.1, 0.15) is 32.8 Å². The van der Waals surface area contributed by atoms with E-state index in [1.54, 1.807) is 6.07 Å². The molecule has 1 unspecified atom stereocenters. The van der Waals surface area contributed by atoms with Crippen molar-refractivity contribution in [2.24, 2.45) is 5.41 Å². The first-order valence-corrected chi connectivity index (χ1v) is 7.44. The van der Waals surface area contributed by atoms with Gasteiger partial charge in [-0.2, -0.15) is 0 Å². The first-order chi connectivity index (χ1) is 9.59. The fourth-order valence-electron chi connectivity index (χ4n) is 1.80. The molecule has 0 saturated carbocycles. The van der Waals surface area contributed by atoms with E-state index < -0.39 is 18.0 Å². The molecule has 1 rings (SSSR count). The second-order valence-corrected chi connectivity index (χ2v) is 6.93. The van der Waals surface area contributed by atoms with Crippen molar-refractivity contribution in [1.29, 1.82) is 0 Å². The van der Waals surface area contributed by atoms with Gasteiger partial charge in [-0.1, -0.05) is 36.7 Å². The molecule has 0 radical (unpaired) electrons. The maximum atomic E-state index is 12.0. The van der Waals surface area contributed by atoms with Crippen LogP contribution in [0.5, 0.6) is 0 Å². The van der Waals surface area contributed by atoms with Gasteiger partial charge in [0.1, 0.15) is 0 Å². The van der Waals surface area contributed by atoms with Gasteiger partial charge in [0.2, 0.25) is 0 Å². The largest absolute Gasteiger partial charge is 0.481 e. The molecule has 116 valence electrons. The van der Waals surface area contributed by atoms with Crippen molar-refractivity contribution in [1.82, 2.24) is 5.32 Å². The van der Waals surface area contributed by atoms with Crippen molar-refractivity contribution in [3.05, 3.63) is 28.2 Å². The van der Waals surface area contributed by atoms with E-state index in [2.05, 4.69) is 26.6 Å². The van der Waals surface area contributed by atoms with Gasteiger partial charge >= 0.3 is 12.0 Å². The number of rotatable bonds is 4. The maximum Gasteiger partial charge on any atom is 0.319 e. The standard InChI is InChI=1S/C15H21BrN2O3/c1-9-7-10(5-6-11(9)16)17-14(21)18-12(8-13(19)20)15(2,3)4/h5-7,12H,8H2,1-4H3,(H,19,20)(H2,17,18,21). The Bertz CT molecular complexity index is 538. The van der Waals surface area contributed by atoms with E-state index in [4.69, 9.17) is 5.11 Å². The van der Waals surface area contributed by atoms with Crippen LogP contribution in [0.25, 0.3) is 0 Å². The average Bonchev–Trinajstić information content (AvgIpc) is 2.31. The van der Waals surface area contributed by atoms with E-state index >= 15 is 0 Å².